The van der Waals surface area contributed by atoms with E-state index in [9.17, 15) is 26.4 Å². The Morgan fingerprint density at radius 2 is 1.67 bits per heavy atom. The van der Waals surface area contributed by atoms with Gasteiger partial charge in [-0.15, -0.1) is 0 Å². The van der Waals surface area contributed by atoms with Gasteiger partial charge in [-0.3, -0.25) is 4.79 Å². The van der Waals surface area contributed by atoms with Crippen molar-refractivity contribution in [3.05, 3.63) is 76.7 Å². The molecule has 0 atom stereocenters. The Morgan fingerprint density at radius 3 is 2.25 bits per heavy atom. The monoisotopic (exact) mass is 523 g/mol. The number of carbonyl (C=O) groups is 1. The van der Waals surface area contributed by atoms with Crippen LogP contribution in [0.15, 0.2) is 57.9 Å². The zero-order chi connectivity index (χ0) is 26.1. The maximum Gasteiger partial charge on any atom is 0.417 e. The molecule has 1 amide bonds. The van der Waals surface area contributed by atoms with Crippen molar-refractivity contribution in [1.82, 2.24) is 14.4 Å². The van der Waals surface area contributed by atoms with Crippen molar-refractivity contribution in [3.8, 4) is 5.75 Å². The van der Waals surface area contributed by atoms with Crippen LogP contribution >= 0.6 is 0 Å². The Labute approximate surface area is 206 Å². The molecule has 36 heavy (non-hydrogen) atoms. The third-order valence-corrected chi connectivity index (χ3v) is 7.96. The zero-order valence-electron chi connectivity index (χ0n) is 19.6. The fourth-order valence-electron chi connectivity index (χ4n) is 3.94. The van der Waals surface area contributed by atoms with Gasteiger partial charge in [0, 0.05) is 31.7 Å². The summed E-state index contributed by atoms with van der Waals surface area (Å²) in [6.07, 6.45) is -4.80. The molecule has 0 saturated carbocycles. The van der Waals surface area contributed by atoms with Gasteiger partial charge in [0.05, 0.1) is 21.7 Å². The molecule has 8 nitrogen and oxygen atoms in total. The van der Waals surface area contributed by atoms with Gasteiger partial charge in [-0.2, -0.15) is 17.5 Å². The van der Waals surface area contributed by atoms with Crippen LogP contribution in [-0.2, 0) is 22.8 Å². The molecule has 3 aromatic rings. The van der Waals surface area contributed by atoms with Crippen LogP contribution in [-0.4, -0.2) is 54.9 Å². The highest BCUT2D eigenvalue weighted by Crippen LogP contribution is 2.35. The van der Waals surface area contributed by atoms with E-state index in [0.717, 1.165) is 33.8 Å². The number of aromatic nitrogens is 1. The zero-order valence-corrected chi connectivity index (χ0v) is 20.4. The SMILES string of the molecule is Cc1noc(C)c1COc1ccc(C(=O)N2CCN(S(=O)(=O)c3ccccc3C(F)(F)F)CC2)cc1. The van der Waals surface area contributed by atoms with Gasteiger partial charge >= 0.3 is 6.18 Å². The second-order valence-corrected chi connectivity index (χ2v) is 10.2. The van der Waals surface area contributed by atoms with Crippen LogP contribution in [0.5, 0.6) is 5.75 Å². The van der Waals surface area contributed by atoms with Gasteiger partial charge in [-0.25, -0.2) is 8.42 Å². The van der Waals surface area contributed by atoms with Gasteiger partial charge in [0.15, 0.2) is 0 Å². The number of sulfonamides is 1. The molecular formula is C24H24F3N3O5S. The molecule has 1 fully saturated rings. The molecule has 4 rings (SSSR count). The lowest BCUT2D eigenvalue weighted by atomic mass is 10.1. The first-order chi connectivity index (χ1) is 17.0. The Morgan fingerprint density at radius 1 is 1.03 bits per heavy atom. The van der Waals surface area contributed by atoms with Gasteiger partial charge in [0.1, 0.15) is 18.1 Å². The van der Waals surface area contributed by atoms with Crippen LogP contribution in [0, 0.1) is 13.8 Å². The number of rotatable bonds is 6. The number of aryl methyl sites for hydroxylation is 2. The van der Waals surface area contributed by atoms with E-state index in [4.69, 9.17) is 9.26 Å². The predicted octanol–water partition coefficient (Wildman–Crippen LogP) is 4.04. The molecule has 0 N–H and O–H groups in total. The molecule has 0 bridgehead atoms. The minimum atomic E-state index is -4.80. The fraction of sp³-hybridized carbons (Fsp3) is 0.333. The highest BCUT2D eigenvalue weighted by Gasteiger charge is 2.39. The van der Waals surface area contributed by atoms with E-state index < -0.39 is 26.7 Å². The molecule has 2 aromatic carbocycles. The second-order valence-electron chi connectivity index (χ2n) is 8.31. The molecular weight excluding hydrogens is 499 g/mol. The van der Waals surface area contributed by atoms with Gasteiger partial charge in [-0.05, 0) is 50.2 Å². The molecule has 0 aliphatic carbocycles. The molecule has 1 aliphatic rings. The Kier molecular flexibility index (Phi) is 7.10. The number of alkyl halides is 3. The lowest BCUT2D eigenvalue weighted by Gasteiger charge is -2.34. The fourth-order valence-corrected chi connectivity index (χ4v) is 5.57. The number of nitrogens with zero attached hydrogens (tertiary/aromatic N) is 3. The molecule has 192 valence electrons. The Balaban J connectivity index is 1.38. The Bertz CT molecular complexity index is 1330. The number of amides is 1. The first kappa shape index (κ1) is 25.7. The molecule has 0 unspecified atom stereocenters. The van der Waals surface area contributed by atoms with Crippen molar-refractivity contribution in [2.75, 3.05) is 26.2 Å². The molecule has 1 aliphatic heterocycles. The van der Waals surface area contributed by atoms with Crippen molar-refractivity contribution in [1.29, 1.82) is 0 Å². The van der Waals surface area contributed by atoms with Crippen LogP contribution in [0.3, 0.4) is 0 Å². The van der Waals surface area contributed by atoms with Crippen molar-refractivity contribution in [2.24, 2.45) is 0 Å². The maximum atomic E-state index is 13.3. The van der Waals surface area contributed by atoms with Gasteiger partial charge in [0.2, 0.25) is 10.0 Å². The average molecular weight is 524 g/mol. The summed E-state index contributed by atoms with van der Waals surface area (Å²) in [7, 11) is -4.38. The normalized spacial score (nSPS) is 15.2. The van der Waals surface area contributed by atoms with Gasteiger partial charge in [0.25, 0.3) is 5.91 Å². The second kappa shape index (κ2) is 9.94. The van der Waals surface area contributed by atoms with Crippen LogP contribution in [0.4, 0.5) is 13.2 Å². The van der Waals surface area contributed by atoms with Crippen molar-refractivity contribution in [2.45, 2.75) is 31.5 Å². The third kappa shape index (κ3) is 5.24. The molecule has 1 saturated heterocycles. The lowest BCUT2D eigenvalue weighted by molar-refractivity contribution is -0.139. The van der Waals surface area contributed by atoms with E-state index in [1.54, 1.807) is 31.2 Å². The third-order valence-electron chi connectivity index (χ3n) is 6.00. The minimum absolute atomic E-state index is 0.0521. The standard InChI is InChI=1S/C24H24F3N3O5S/c1-16-20(17(2)35-28-16)15-34-19-9-7-18(8-10-19)23(31)29-11-13-30(14-12-29)36(32,33)22-6-4-3-5-21(22)24(25,26)27/h3-10H,11-15H2,1-2H3. The quantitative estimate of drug-likeness (QED) is 0.484. The molecule has 12 heteroatoms. The van der Waals surface area contributed by atoms with Crippen LogP contribution in [0.1, 0.15) is 32.9 Å². The number of hydrogen-bond donors (Lipinski definition) is 0. The predicted molar refractivity (Wildman–Crippen MR) is 123 cm³/mol. The van der Waals surface area contributed by atoms with Gasteiger partial charge in [-0.1, -0.05) is 17.3 Å². The first-order valence-corrected chi connectivity index (χ1v) is 12.5. The lowest BCUT2D eigenvalue weighted by Crippen LogP contribution is -2.50. The van der Waals surface area contributed by atoms with E-state index >= 15 is 0 Å². The van der Waals surface area contributed by atoms with E-state index in [2.05, 4.69) is 5.16 Å². The van der Waals surface area contributed by atoms with E-state index in [-0.39, 0.29) is 38.7 Å². The molecule has 0 radical (unpaired) electrons. The summed E-state index contributed by atoms with van der Waals surface area (Å²) in [6.45, 7) is 3.75. The molecule has 2 heterocycles. The molecule has 0 spiro atoms. The number of halogens is 3. The van der Waals surface area contributed by atoms with E-state index in [1.807, 2.05) is 6.92 Å². The van der Waals surface area contributed by atoms with Crippen molar-refractivity contribution < 1.29 is 35.6 Å². The topological polar surface area (TPSA) is 93.0 Å². The van der Waals surface area contributed by atoms with Crippen LogP contribution in [0.2, 0.25) is 0 Å². The summed E-state index contributed by atoms with van der Waals surface area (Å²) in [6, 6.07) is 10.6. The largest absolute Gasteiger partial charge is 0.489 e. The summed E-state index contributed by atoms with van der Waals surface area (Å²) in [5.41, 5.74) is 0.766. The summed E-state index contributed by atoms with van der Waals surface area (Å²) < 4.78 is 77.7. The maximum absolute atomic E-state index is 13.3. The summed E-state index contributed by atoms with van der Waals surface area (Å²) >= 11 is 0. The minimum Gasteiger partial charge on any atom is -0.489 e. The number of ether oxygens (including phenoxy) is 1. The van der Waals surface area contributed by atoms with Crippen molar-refractivity contribution >= 4 is 15.9 Å². The van der Waals surface area contributed by atoms with Crippen LogP contribution < -0.4 is 4.74 Å². The van der Waals surface area contributed by atoms with Crippen molar-refractivity contribution in [3.63, 3.8) is 0 Å². The number of benzene rings is 2. The number of piperazine rings is 1. The summed E-state index contributed by atoms with van der Waals surface area (Å²) in [5.74, 6) is 0.910. The first-order valence-electron chi connectivity index (χ1n) is 11.1. The summed E-state index contributed by atoms with van der Waals surface area (Å²) in [5, 5.41) is 3.87. The summed E-state index contributed by atoms with van der Waals surface area (Å²) in [4.78, 5) is 13.6. The van der Waals surface area contributed by atoms with Crippen LogP contribution in [0.25, 0.3) is 0 Å². The van der Waals surface area contributed by atoms with Gasteiger partial charge < -0.3 is 14.2 Å². The molecule has 1 aromatic heterocycles. The van der Waals surface area contributed by atoms with E-state index in [0.29, 0.717) is 17.1 Å². The highest BCUT2D eigenvalue weighted by molar-refractivity contribution is 7.89. The average Bonchev–Trinajstić information content (AvgIpc) is 3.19. The highest BCUT2D eigenvalue weighted by atomic mass is 32.2. The van der Waals surface area contributed by atoms with E-state index in [1.165, 1.54) is 11.0 Å². The number of hydrogen-bond acceptors (Lipinski definition) is 6. The number of carbonyl (C=O) groups excluding carboxylic acids is 1. The smallest absolute Gasteiger partial charge is 0.417 e. The Hall–Kier alpha value is -3.38.